The number of anilines is 1. The monoisotopic (exact) mass is 242 g/mol. The van der Waals surface area contributed by atoms with E-state index in [1.807, 2.05) is 25.1 Å². The number of rotatable bonds is 1. The highest BCUT2D eigenvalue weighted by atomic mass is 79.9. The Kier molecular flexibility index (Phi) is 3.31. The van der Waals surface area contributed by atoms with Crippen molar-refractivity contribution in [2.45, 2.75) is 6.92 Å². The second-order valence-corrected chi connectivity index (χ2v) is 3.54. The normalized spacial score (nSPS) is 9.46. The van der Waals surface area contributed by atoms with E-state index < -0.39 is 0 Å². The van der Waals surface area contributed by atoms with Gasteiger partial charge in [-0.15, -0.1) is 0 Å². The van der Waals surface area contributed by atoms with Gasteiger partial charge in [0.15, 0.2) is 0 Å². The number of carbonyl (C=O) groups excluding carboxylic acids is 1. The number of nitrogens with one attached hydrogen (secondary N) is 2. The number of halogens is 1. The van der Waals surface area contributed by atoms with E-state index in [2.05, 4.69) is 26.6 Å². The van der Waals surface area contributed by atoms with E-state index in [0.29, 0.717) is 0 Å². The Morgan fingerprint density at radius 1 is 1.46 bits per heavy atom. The Balaban J connectivity index is 2.87. The van der Waals surface area contributed by atoms with Crippen molar-refractivity contribution in [3.63, 3.8) is 0 Å². The smallest absolute Gasteiger partial charge is 0.319 e. The summed E-state index contributed by atoms with van der Waals surface area (Å²) in [7, 11) is 1.58. The lowest BCUT2D eigenvalue weighted by atomic mass is 10.2. The van der Waals surface area contributed by atoms with Crippen LogP contribution >= 0.6 is 15.9 Å². The number of carbonyl (C=O) groups is 1. The molecule has 13 heavy (non-hydrogen) atoms. The van der Waals surface area contributed by atoms with Gasteiger partial charge in [0.05, 0.1) is 5.69 Å². The highest BCUT2D eigenvalue weighted by Crippen LogP contribution is 2.22. The molecule has 1 aromatic carbocycles. The minimum absolute atomic E-state index is 0.216. The molecule has 3 nitrogen and oxygen atoms in total. The molecule has 0 aromatic heterocycles. The Morgan fingerprint density at radius 2 is 2.15 bits per heavy atom. The Morgan fingerprint density at radius 3 is 2.77 bits per heavy atom. The Hall–Kier alpha value is -1.03. The van der Waals surface area contributed by atoms with Gasteiger partial charge in [0.2, 0.25) is 0 Å². The van der Waals surface area contributed by atoms with Gasteiger partial charge < -0.3 is 10.6 Å². The number of hydrogen-bond donors (Lipinski definition) is 2. The van der Waals surface area contributed by atoms with E-state index in [1.54, 1.807) is 7.05 Å². The molecule has 0 bridgehead atoms. The van der Waals surface area contributed by atoms with Crippen LogP contribution in [-0.4, -0.2) is 13.1 Å². The molecule has 0 unspecified atom stereocenters. The Bertz CT molecular complexity index is 325. The molecule has 2 N–H and O–H groups in total. The third-order valence-corrected chi connectivity index (χ3v) is 2.29. The van der Waals surface area contributed by atoms with Gasteiger partial charge >= 0.3 is 6.03 Å². The van der Waals surface area contributed by atoms with E-state index in [9.17, 15) is 4.79 Å². The zero-order chi connectivity index (χ0) is 9.84. The largest absolute Gasteiger partial charge is 0.341 e. The summed E-state index contributed by atoms with van der Waals surface area (Å²) in [4.78, 5) is 11.0. The molecule has 4 heteroatoms. The average Bonchev–Trinajstić information content (AvgIpc) is 2.11. The van der Waals surface area contributed by atoms with Gasteiger partial charge in [-0.2, -0.15) is 0 Å². The maximum atomic E-state index is 11.0. The van der Waals surface area contributed by atoms with Crippen LogP contribution in [0.5, 0.6) is 0 Å². The lowest BCUT2D eigenvalue weighted by Crippen LogP contribution is -2.24. The third kappa shape index (κ3) is 2.73. The average molecular weight is 243 g/mol. The molecule has 0 saturated heterocycles. The van der Waals surface area contributed by atoms with Crippen molar-refractivity contribution in [2.75, 3.05) is 12.4 Å². The van der Waals surface area contributed by atoms with Crippen LogP contribution in [0.2, 0.25) is 0 Å². The van der Waals surface area contributed by atoms with Crippen molar-refractivity contribution >= 4 is 27.6 Å². The summed E-state index contributed by atoms with van der Waals surface area (Å²) < 4.78 is 0.877. The van der Waals surface area contributed by atoms with Crippen molar-refractivity contribution < 1.29 is 4.79 Å². The molecule has 0 aliphatic rings. The first kappa shape index (κ1) is 10.1. The molecule has 2 amide bonds. The topological polar surface area (TPSA) is 41.1 Å². The zero-order valence-corrected chi connectivity index (χ0v) is 9.10. The molecule has 1 aromatic rings. The standard InChI is InChI=1S/C9H11BrN2O/c1-6-3-4-7(10)8(5-6)12-9(13)11-2/h3-5H,1-2H3,(H2,11,12,13). The fraction of sp³-hybridized carbons (Fsp3) is 0.222. The zero-order valence-electron chi connectivity index (χ0n) is 7.52. The van der Waals surface area contributed by atoms with Crippen LogP contribution in [0.4, 0.5) is 10.5 Å². The molecule has 0 spiro atoms. The molecular formula is C9H11BrN2O. The van der Waals surface area contributed by atoms with Crippen molar-refractivity contribution in [1.29, 1.82) is 0 Å². The van der Waals surface area contributed by atoms with Crippen molar-refractivity contribution in [3.05, 3.63) is 28.2 Å². The lowest BCUT2D eigenvalue weighted by Gasteiger charge is -2.07. The molecule has 1 rings (SSSR count). The van der Waals surface area contributed by atoms with E-state index in [4.69, 9.17) is 0 Å². The van der Waals surface area contributed by atoms with Crippen LogP contribution in [0, 0.1) is 6.92 Å². The van der Waals surface area contributed by atoms with E-state index in [0.717, 1.165) is 15.7 Å². The molecule has 0 aliphatic heterocycles. The first-order valence-corrected chi connectivity index (χ1v) is 4.67. The maximum Gasteiger partial charge on any atom is 0.319 e. The van der Waals surface area contributed by atoms with Crippen molar-refractivity contribution in [1.82, 2.24) is 5.32 Å². The number of urea groups is 1. The van der Waals surface area contributed by atoms with Crippen LogP contribution in [0.1, 0.15) is 5.56 Å². The van der Waals surface area contributed by atoms with Crippen LogP contribution < -0.4 is 10.6 Å². The summed E-state index contributed by atoms with van der Waals surface area (Å²) in [6.45, 7) is 1.97. The first-order valence-electron chi connectivity index (χ1n) is 3.88. The number of hydrogen-bond acceptors (Lipinski definition) is 1. The van der Waals surface area contributed by atoms with Crippen LogP contribution in [0.3, 0.4) is 0 Å². The predicted molar refractivity (Wildman–Crippen MR) is 57.0 cm³/mol. The van der Waals surface area contributed by atoms with E-state index in [-0.39, 0.29) is 6.03 Å². The third-order valence-electron chi connectivity index (χ3n) is 1.60. The van der Waals surface area contributed by atoms with Gasteiger partial charge in [0, 0.05) is 11.5 Å². The molecule has 0 heterocycles. The lowest BCUT2D eigenvalue weighted by molar-refractivity contribution is 0.254. The van der Waals surface area contributed by atoms with Crippen LogP contribution in [-0.2, 0) is 0 Å². The Labute approximate surface area is 85.7 Å². The molecule has 0 fully saturated rings. The minimum Gasteiger partial charge on any atom is -0.341 e. The number of benzene rings is 1. The van der Waals surface area contributed by atoms with Crippen molar-refractivity contribution in [3.8, 4) is 0 Å². The highest BCUT2D eigenvalue weighted by Gasteiger charge is 2.02. The highest BCUT2D eigenvalue weighted by molar-refractivity contribution is 9.10. The second kappa shape index (κ2) is 4.28. The van der Waals surface area contributed by atoms with Gasteiger partial charge in [0.25, 0.3) is 0 Å². The summed E-state index contributed by atoms with van der Waals surface area (Å²) in [5.41, 5.74) is 1.88. The molecule has 0 radical (unpaired) electrons. The number of amides is 2. The first-order chi connectivity index (χ1) is 6.13. The number of aryl methyl sites for hydroxylation is 1. The SMILES string of the molecule is CNC(=O)Nc1cc(C)ccc1Br. The molecule has 70 valence electrons. The second-order valence-electron chi connectivity index (χ2n) is 2.69. The fourth-order valence-electron chi connectivity index (χ4n) is 0.920. The van der Waals surface area contributed by atoms with Gasteiger partial charge in [-0.3, -0.25) is 0 Å². The maximum absolute atomic E-state index is 11.0. The fourth-order valence-corrected chi connectivity index (χ4v) is 1.27. The van der Waals surface area contributed by atoms with Gasteiger partial charge in [0.1, 0.15) is 0 Å². The van der Waals surface area contributed by atoms with Gasteiger partial charge in [-0.05, 0) is 40.5 Å². The minimum atomic E-state index is -0.216. The quantitative estimate of drug-likeness (QED) is 0.781. The molecule has 0 aliphatic carbocycles. The van der Waals surface area contributed by atoms with Crippen LogP contribution in [0.25, 0.3) is 0 Å². The summed E-state index contributed by atoms with van der Waals surface area (Å²) >= 11 is 3.35. The summed E-state index contributed by atoms with van der Waals surface area (Å²) in [5, 5.41) is 5.19. The summed E-state index contributed by atoms with van der Waals surface area (Å²) in [5.74, 6) is 0. The summed E-state index contributed by atoms with van der Waals surface area (Å²) in [6, 6.07) is 5.56. The molecule has 0 saturated carbocycles. The summed E-state index contributed by atoms with van der Waals surface area (Å²) in [6.07, 6.45) is 0. The van der Waals surface area contributed by atoms with Crippen LogP contribution in [0.15, 0.2) is 22.7 Å². The van der Waals surface area contributed by atoms with Crippen molar-refractivity contribution in [2.24, 2.45) is 0 Å². The molecule has 0 atom stereocenters. The predicted octanol–water partition coefficient (Wildman–Crippen LogP) is 2.51. The van der Waals surface area contributed by atoms with E-state index >= 15 is 0 Å². The van der Waals surface area contributed by atoms with E-state index in [1.165, 1.54) is 0 Å². The van der Waals surface area contributed by atoms with Gasteiger partial charge in [-0.25, -0.2) is 4.79 Å². The van der Waals surface area contributed by atoms with Gasteiger partial charge in [-0.1, -0.05) is 6.07 Å². The molecular weight excluding hydrogens is 232 g/mol.